The maximum absolute atomic E-state index is 11.6. The highest BCUT2D eigenvalue weighted by Gasteiger charge is 2.36. The third-order valence-electron chi connectivity index (χ3n) is 3.25. The molecule has 1 fully saturated rings. The first-order chi connectivity index (χ1) is 9.65. The molecule has 1 aromatic rings. The summed E-state index contributed by atoms with van der Waals surface area (Å²) < 4.78 is 5.30. The number of amides is 1. The van der Waals surface area contributed by atoms with E-state index in [1.54, 1.807) is 6.07 Å². The number of fused-ring (bicyclic) bond motifs is 1. The van der Waals surface area contributed by atoms with Crippen LogP contribution in [0.2, 0.25) is 0 Å². The van der Waals surface area contributed by atoms with Crippen molar-refractivity contribution in [3.63, 3.8) is 0 Å². The van der Waals surface area contributed by atoms with Crippen molar-refractivity contribution in [1.82, 2.24) is 0 Å². The molecule has 2 aliphatic rings. The van der Waals surface area contributed by atoms with Crippen LogP contribution in [0.15, 0.2) is 23.1 Å². The Labute approximate surface area is 119 Å². The first-order valence-electron chi connectivity index (χ1n) is 6.23. The fourth-order valence-electron chi connectivity index (χ4n) is 2.24. The summed E-state index contributed by atoms with van der Waals surface area (Å²) in [7, 11) is 0. The Kier molecular flexibility index (Phi) is 3.49. The predicted octanol–water partition coefficient (Wildman–Crippen LogP) is 1.17. The van der Waals surface area contributed by atoms with Gasteiger partial charge in [0.15, 0.2) is 0 Å². The summed E-state index contributed by atoms with van der Waals surface area (Å²) in [6, 6.07) is 5.60. The molecule has 2 heterocycles. The van der Waals surface area contributed by atoms with Gasteiger partial charge in [-0.1, -0.05) is 0 Å². The second-order valence-electron chi connectivity index (χ2n) is 4.52. The van der Waals surface area contributed by atoms with Gasteiger partial charge < -0.3 is 15.0 Å². The number of carbonyl (C=O) groups is 1. The lowest BCUT2D eigenvalue weighted by Crippen LogP contribution is -2.37. The monoisotopic (exact) mass is 295 g/mol. The van der Waals surface area contributed by atoms with Crippen molar-refractivity contribution < 1.29 is 14.5 Å². The molecular formula is C12H13N3O4S. The highest BCUT2D eigenvalue weighted by atomic mass is 32.2. The number of morpholine rings is 1. The first kappa shape index (κ1) is 13.2. The average molecular weight is 295 g/mol. The molecule has 0 aromatic heterocycles. The van der Waals surface area contributed by atoms with Gasteiger partial charge >= 0.3 is 11.3 Å². The molecule has 1 N–H and O–H groups in total. The highest BCUT2D eigenvalue weighted by molar-refractivity contribution is 8.00. The number of hydrogen-bond donors (Lipinski definition) is 1. The molecule has 0 spiro atoms. The molecule has 3 rings (SSSR count). The van der Waals surface area contributed by atoms with Crippen LogP contribution in [0, 0.1) is 10.1 Å². The van der Waals surface area contributed by atoms with Crippen molar-refractivity contribution in [3.05, 3.63) is 28.3 Å². The maximum atomic E-state index is 11.6. The number of hydrogen-bond acceptors (Lipinski definition) is 6. The second kappa shape index (κ2) is 5.29. The molecule has 0 bridgehead atoms. The summed E-state index contributed by atoms with van der Waals surface area (Å²) in [6.45, 7) is 2.96. The van der Waals surface area contributed by atoms with E-state index in [0.717, 1.165) is 35.4 Å². The van der Waals surface area contributed by atoms with Crippen LogP contribution in [-0.4, -0.2) is 42.5 Å². The predicted molar refractivity (Wildman–Crippen MR) is 74.7 cm³/mol. The van der Waals surface area contributed by atoms with Gasteiger partial charge in [0.25, 0.3) is 0 Å². The Balaban J connectivity index is 1.87. The largest absolute Gasteiger partial charge is 0.378 e. The summed E-state index contributed by atoms with van der Waals surface area (Å²) in [5.41, 5.74) is 1.63. The van der Waals surface area contributed by atoms with Gasteiger partial charge in [-0.25, -0.2) is 0 Å². The van der Waals surface area contributed by atoms with Crippen molar-refractivity contribution in [2.45, 2.75) is 10.3 Å². The van der Waals surface area contributed by atoms with Gasteiger partial charge in [0.1, 0.15) is 0 Å². The summed E-state index contributed by atoms with van der Waals surface area (Å²) in [4.78, 5) is 24.8. The second-order valence-corrected chi connectivity index (χ2v) is 5.65. The number of nitro groups is 1. The SMILES string of the molecule is O=C1Nc2ccc(N3CCOCC3)cc2SC1[N+](=O)[O-]. The molecule has 8 heteroatoms. The summed E-state index contributed by atoms with van der Waals surface area (Å²) in [5.74, 6) is -0.577. The van der Waals surface area contributed by atoms with E-state index >= 15 is 0 Å². The lowest BCUT2D eigenvalue weighted by molar-refractivity contribution is -0.481. The van der Waals surface area contributed by atoms with Crippen LogP contribution in [0.1, 0.15) is 0 Å². The molecular weight excluding hydrogens is 282 g/mol. The molecule has 7 nitrogen and oxygen atoms in total. The molecule has 0 radical (unpaired) electrons. The Hall–Kier alpha value is -1.80. The van der Waals surface area contributed by atoms with Crippen molar-refractivity contribution in [2.24, 2.45) is 0 Å². The number of rotatable bonds is 2. The number of thioether (sulfide) groups is 1. The number of anilines is 2. The van der Waals surface area contributed by atoms with Crippen LogP contribution in [0.5, 0.6) is 0 Å². The molecule has 1 saturated heterocycles. The van der Waals surface area contributed by atoms with Crippen molar-refractivity contribution in [2.75, 3.05) is 36.5 Å². The van der Waals surface area contributed by atoms with E-state index in [-0.39, 0.29) is 0 Å². The van der Waals surface area contributed by atoms with Crippen LogP contribution in [0.4, 0.5) is 11.4 Å². The molecule has 106 valence electrons. The fraction of sp³-hybridized carbons (Fsp3) is 0.417. The van der Waals surface area contributed by atoms with Crippen LogP contribution < -0.4 is 10.2 Å². The number of carbonyl (C=O) groups excluding carboxylic acids is 1. The van der Waals surface area contributed by atoms with Gasteiger partial charge in [0.05, 0.1) is 18.9 Å². The van der Waals surface area contributed by atoms with Crippen molar-refractivity contribution >= 4 is 29.0 Å². The zero-order valence-electron chi connectivity index (χ0n) is 10.6. The van der Waals surface area contributed by atoms with Gasteiger partial charge in [-0.3, -0.25) is 14.9 Å². The van der Waals surface area contributed by atoms with E-state index in [2.05, 4.69) is 10.2 Å². The summed E-state index contributed by atoms with van der Waals surface area (Å²) >= 11 is 0.982. The van der Waals surface area contributed by atoms with Crippen LogP contribution in [0.25, 0.3) is 0 Å². The van der Waals surface area contributed by atoms with E-state index < -0.39 is 16.2 Å². The third-order valence-corrected chi connectivity index (χ3v) is 4.45. The number of ether oxygens (including phenoxy) is 1. The Bertz CT molecular complexity index is 560. The minimum Gasteiger partial charge on any atom is -0.378 e. The van der Waals surface area contributed by atoms with Crippen LogP contribution >= 0.6 is 11.8 Å². The van der Waals surface area contributed by atoms with E-state index in [1.165, 1.54) is 0 Å². The van der Waals surface area contributed by atoms with E-state index in [1.807, 2.05) is 12.1 Å². The van der Waals surface area contributed by atoms with E-state index in [9.17, 15) is 14.9 Å². The highest BCUT2D eigenvalue weighted by Crippen LogP contribution is 2.38. The quantitative estimate of drug-likeness (QED) is 0.651. The first-order valence-corrected chi connectivity index (χ1v) is 7.11. The average Bonchev–Trinajstić information content (AvgIpc) is 2.47. The molecule has 0 aliphatic carbocycles. The van der Waals surface area contributed by atoms with Crippen molar-refractivity contribution in [1.29, 1.82) is 0 Å². The maximum Gasteiger partial charge on any atom is 0.339 e. The standard InChI is InChI=1S/C12H13N3O4S/c16-11-12(15(17)18)20-10-7-8(1-2-9(10)13-11)14-3-5-19-6-4-14/h1-2,7,12H,3-6H2,(H,13,16). The molecule has 2 aliphatic heterocycles. The number of nitrogens with one attached hydrogen (secondary N) is 1. The molecule has 20 heavy (non-hydrogen) atoms. The minimum absolute atomic E-state index is 0.565. The van der Waals surface area contributed by atoms with Crippen molar-refractivity contribution in [3.8, 4) is 0 Å². The fourth-order valence-corrected chi connectivity index (χ4v) is 3.16. The molecule has 0 saturated carbocycles. The molecule has 1 amide bonds. The van der Waals surface area contributed by atoms with Crippen LogP contribution in [-0.2, 0) is 9.53 Å². The zero-order valence-corrected chi connectivity index (χ0v) is 11.4. The minimum atomic E-state index is -1.28. The van der Waals surface area contributed by atoms with Gasteiger partial charge in [0, 0.05) is 28.6 Å². The van der Waals surface area contributed by atoms with Gasteiger partial charge in [-0.2, -0.15) is 0 Å². The van der Waals surface area contributed by atoms with Gasteiger partial charge in [-0.15, -0.1) is 0 Å². The lowest BCUT2D eigenvalue weighted by atomic mass is 10.2. The number of nitrogens with zero attached hydrogens (tertiary/aromatic N) is 2. The third kappa shape index (κ3) is 2.44. The molecule has 1 atom stereocenters. The molecule has 1 unspecified atom stereocenters. The Morgan fingerprint density at radius 3 is 2.85 bits per heavy atom. The van der Waals surface area contributed by atoms with E-state index in [0.29, 0.717) is 18.9 Å². The topological polar surface area (TPSA) is 84.7 Å². The van der Waals surface area contributed by atoms with Crippen LogP contribution in [0.3, 0.4) is 0 Å². The van der Waals surface area contributed by atoms with Gasteiger partial charge in [0.2, 0.25) is 0 Å². The number of benzene rings is 1. The van der Waals surface area contributed by atoms with Gasteiger partial charge in [-0.05, 0) is 30.0 Å². The summed E-state index contributed by atoms with van der Waals surface area (Å²) in [6.07, 6.45) is 0. The Morgan fingerprint density at radius 1 is 1.40 bits per heavy atom. The summed E-state index contributed by atoms with van der Waals surface area (Å²) in [5, 5.41) is 12.2. The lowest BCUT2D eigenvalue weighted by Gasteiger charge is -2.30. The zero-order chi connectivity index (χ0) is 14.1. The normalized spacial score (nSPS) is 22.1. The van der Waals surface area contributed by atoms with E-state index in [4.69, 9.17) is 4.74 Å². The molecule has 1 aromatic carbocycles. The Morgan fingerprint density at radius 2 is 2.15 bits per heavy atom. The smallest absolute Gasteiger partial charge is 0.339 e.